The van der Waals surface area contributed by atoms with Crippen LogP contribution in [0.5, 0.6) is 0 Å². The third kappa shape index (κ3) is 7.39. The van der Waals surface area contributed by atoms with Gasteiger partial charge in [0.1, 0.15) is 0 Å². The van der Waals surface area contributed by atoms with Gasteiger partial charge in [-0.15, -0.1) is 0 Å². The number of rotatable bonds is 8. The van der Waals surface area contributed by atoms with Crippen LogP contribution in [0.25, 0.3) is 0 Å². The molecule has 80 valence electrons. The van der Waals surface area contributed by atoms with Crippen LogP contribution in [-0.4, -0.2) is 24.6 Å². The van der Waals surface area contributed by atoms with Gasteiger partial charge in [-0.2, -0.15) is 11.8 Å². The summed E-state index contributed by atoms with van der Waals surface area (Å²) in [4.78, 5) is 0. The molecule has 0 rings (SSSR count). The lowest BCUT2D eigenvalue weighted by Gasteiger charge is -2.18. The van der Waals surface area contributed by atoms with E-state index in [2.05, 4.69) is 32.3 Å². The average Bonchev–Trinajstić information content (AvgIpc) is 2.12. The summed E-state index contributed by atoms with van der Waals surface area (Å²) < 4.78 is 0. The Morgan fingerprint density at radius 2 is 2.00 bits per heavy atom. The summed E-state index contributed by atoms with van der Waals surface area (Å²) in [6.07, 6.45) is 6.09. The Hall–Kier alpha value is 0.310. The highest BCUT2D eigenvalue weighted by molar-refractivity contribution is 7.98. The van der Waals surface area contributed by atoms with E-state index in [1.54, 1.807) is 0 Å². The van der Waals surface area contributed by atoms with E-state index in [0.29, 0.717) is 6.04 Å². The van der Waals surface area contributed by atoms with Gasteiger partial charge in [-0.1, -0.05) is 27.2 Å². The van der Waals surface area contributed by atoms with Crippen molar-refractivity contribution < 1.29 is 0 Å². The van der Waals surface area contributed by atoms with Gasteiger partial charge in [0, 0.05) is 11.8 Å². The molecule has 0 aromatic carbocycles. The molecule has 0 saturated carbocycles. The molecule has 0 saturated heterocycles. The molecule has 2 atom stereocenters. The number of thioether (sulfide) groups is 1. The van der Waals surface area contributed by atoms with Crippen molar-refractivity contribution in [2.24, 2.45) is 5.92 Å². The highest BCUT2D eigenvalue weighted by Gasteiger charge is 2.06. The first-order valence-corrected chi connectivity index (χ1v) is 6.86. The first-order valence-electron chi connectivity index (χ1n) is 5.46. The number of hydrogen-bond acceptors (Lipinski definition) is 2. The standard InChI is InChI=1S/C11H25NS/c1-5-7-10(3)8-12-11(6-2)9-13-4/h10-12H,5-9H2,1-4H3. The summed E-state index contributed by atoms with van der Waals surface area (Å²) in [7, 11) is 0. The van der Waals surface area contributed by atoms with Crippen molar-refractivity contribution in [3.63, 3.8) is 0 Å². The second-order valence-electron chi connectivity index (χ2n) is 3.86. The van der Waals surface area contributed by atoms with Gasteiger partial charge in [-0.3, -0.25) is 0 Å². The molecule has 0 radical (unpaired) electrons. The summed E-state index contributed by atoms with van der Waals surface area (Å²) in [6, 6.07) is 0.717. The van der Waals surface area contributed by atoms with Gasteiger partial charge in [0.15, 0.2) is 0 Å². The number of hydrogen-bond donors (Lipinski definition) is 1. The van der Waals surface area contributed by atoms with Gasteiger partial charge in [0.2, 0.25) is 0 Å². The molecule has 0 spiro atoms. The van der Waals surface area contributed by atoms with E-state index < -0.39 is 0 Å². The first kappa shape index (κ1) is 13.3. The zero-order valence-corrected chi connectivity index (χ0v) is 10.4. The van der Waals surface area contributed by atoms with Crippen molar-refractivity contribution in [1.29, 1.82) is 0 Å². The quantitative estimate of drug-likeness (QED) is 0.650. The highest BCUT2D eigenvalue weighted by atomic mass is 32.2. The van der Waals surface area contributed by atoms with Crippen LogP contribution in [0.2, 0.25) is 0 Å². The molecule has 2 unspecified atom stereocenters. The topological polar surface area (TPSA) is 12.0 Å². The molecular formula is C11H25NS. The maximum absolute atomic E-state index is 3.63. The summed E-state index contributed by atoms with van der Waals surface area (Å²) in [5.74, 6) is 2.08. The molecule has 1 N–H and O–H groups in total. The molecule has 13 heavy (non-hydrogen) atoms. The van der Waals surface area contributed by atoms with E-state index in [9.17, 15) is 0 Å². The molecule has 0 aliphatic carbocycles. The lowest BCUT2D eigenvalue weighted by Crippen LogP contribution is -2.34. The maximum Gasteiger partial charge on any atom is 0.0155 e. The third-order valence-electron chi connectivity index (χ3n) is 2.40. The monoisotopic (exact) mass is 203 g/mol. The Bertz CT molecular complexity index is 106. The SMILES string of the molecule is CCCC(C)CNC(CC)CSC. The minimum absolute atomic E-state index is 0.717. The summed E-state index contributed by atoms with van der Waals surface area (Å²) in [5, 5.41) is 3.63. The van der Waals surface area contributed by atoms with Crippen molar-refractivity contribution in [1.82, 2.24) is 5.32 Å². The normalized spacial score (nSPS) is 15.7. The Kier molecular flexibility index (Phi) is 9.10. The molecule has 0 aromatic heterocycles. The Balaban J connectivity index is 3.46. The van der Waals surface area contributed by atoms with Gasteiger partial charge in [-0.05, 0) is 31.6 Å². The molecule has 0 aromatic rings. The summed E-state index contributed by atoms with van der Waals surface area (Å²) in [6.45, 7) is 8.04. The molecule has 0 heterocycles. The Morgan fingerprint density at radius 1 is 1.31 bits per heavy atom. The fourth-order valence-electron chi connectivity index (χ4n) is 1.49. The molecule has 0 amide bonds. The van der Waals surface area contributed by atoms with Crippen LogP contribution in [0.4, 0.5) is 0 Å². The fourth-order valence-corrected chi connectivity index (χ4v) is 2.24. The van der Waals surface area contributed by atoms with Crippen LogP contribution in [0, 0.1) is 5.92 Å². The smallest absolute Gasteiger partial charge is 0.0155 e. The van der Waals surface area contributed by atoms with Crippen molar-refractivity contribution in [2.75, 3.05) is 18.6 Å². The van der Waals surface area contributed by atoms with E-state index in [0.717, 1.165) is 5.92 Å². The predicted molar refractivity (Wildman–Crippen MR) is 64.5 cm³/mol. The highest BCUT2D eigenvalue weighted by Crippen LogP contribution is 2.06. The van der Waals surface area contributed by atoms with Crippen LogP contribution in [0.1, 0.15) is 40.0 Å². The summed E-state index contributed by atoms with van der Waals surface area (Å²) in [5.41, 5.74) is 0. The van der Waals surface area contributed by atoms with E-state index in [4.69, 9.17) is 0 Å². The largest absolute Gasteiger partial charge is 0.313 e. The minimum atomic E-state index is 0.717. The lowest BCUT2D eigenvalue weighted by atomic mass is 10.1. The van der Waals surface area contributed by atoms with Crippen LogP contribution >= 0.6 is 11.8 Å². The van der Waals surface area contributed by atoms with Crippen LogP contribution in [0.15, 0.2) is 0 Å². The molecule has 0 fully saturated rings. The van der Waals surface area contributed by atoms with Crippen LogP contribution in [-0.2, 0) is 0 Å². The van der Waals surface area contributed by atoms with E-state index in [1.807, 2.05) is 11.8 Å². The average molecular weight is 203 g/mol. The minimum Gasteiger partial charge on any atom is -0.313 e. The van der Waals surface area contributed by atoms with E-state index >= 15 is 0 Å². The van der Waals surface area contributed by atoms with Gasteiger partial charge in [-0.25, -0.2) is 0 Å². The van der Waals surface area contributed by atoms with Gasteiger partial charge >= 0.3 is 0 Å². The second-order valence-corrected chi connectivity index (χ2v) is 4.77. The zero-order valence-electron chi connectivity index (χ0n) is 9.60. The van der Waals surface area contributed by atoms with Gasteiger partial charge in [0.25, 0.3) is 0 Å². The van der Waals surface area contributed by atoms with E-state index in [1.165, 1.54) is 31.6 Å². The second kappa shape index (κ2) is 8.89. The molecular weight excluding hydrogens is 178 g/mol. The van der Waals surface area contributed by atoms with Crippen molar-refractivity contribution in [3.8, 4) is 0 Å². The first-order chi connectivity index (χ1) is 6.24. The summed E-state index contributed by atoms with van der Waals surface area (Å²) >= 11 is 1.94. The van der Waals surface area contributed by atoms with Gasteiger partial charge in [0.05, 0.1) is 0 Å². The Labute approximate surface area is 88.1 Å². The Morgan fingerprint density at radius 3 is 2.46 bits per heavy atom. The molecule has 0 bridgehead atoms. The third-order valence-corrected chi connectivity index (χ3v) is 3.13. The van der Waals surface area contributed by atoms with E-state index in [-0.39, 0.29) is 0 Å². The lowest BCUT2D eigenvalue weighted by molar-refractivity contribution is 0.435. The van der Waals surface area contributed by atoms with Crippen LogP contribution < -0.4 is 5.32 Å². The predicted octanol–water partition coefficient (Wildman–Crippen LogP) is 3.15. The van der Waals surface area contributed by atoms with Crippen LogP contribution in [0.3, 0.4) is 0 Å². The van der Waals surface area contributed by atoms with Crippen molar-refractivity contribution in [2.45, 2.75) is 46.1 Å². The molecule has 0 aliphatic heterocycles. The fraction of sp³-hybridized carbons (Fsp3) is 1.00. The molecule has 1 nitrogen and oxygen atoms in total. The zero-order chi connectivity index (χ0) is 10.1. The van der Waals surface area contributed by atoms with Crippen molar-refractivity contribution >= 4 is 11.8 Å². The van der Waals surface area contributed by atoms with Gasteiger partial charge < -0.3 is 5.32 Å². The maximum atomic E-state index is 3.63. The number of nitrogens with one attached hydrogen (secondary N) is 1. The molecule has 0 aliphatic rings. The molecule has 2 heteroatoms. The van der Waals surface area contributed by atoms with Crippen molar-refractivity contribution in [3.05, 3.63) is 0 Å².